The van der Waals surface area contributed by atoms with Gasteiger partial charge in [0, 0.05) is 30.8 Å². The van der Waals surface area contributed by atoms with E-state index in [0.717, 1.165) is 51.7 Å². The van der Waals surface area contributed by atoms with Crippen molar-refractivity contribution in [3.05, 3.63) is 5.21 Å². The molecule has 5 atom stereocenters. The Morgan fingerprint density at radius 3 is 2.74 bits per heavy atom. The second-order valence-corrected chi connectivity index (χ2v) is 7.10. The molecule has 0 aliphatic carbocycles. The van der Waals surface area contributed by atoms with Crippen molar-refractivity contribution in [2.24, 2.45) is 11.8 Å². The first-order valence-electron chi connectivity index (χ1n) is 8.06. The number of rotatable bonds is 0. The van der Waals surface area contributed by atoms with Gasteiger partial charge in [0.2, 0.25) is 5.91 Å². The number of piperidine rings is 4. The third-order valence-electron chi connectivity index (χ3n) is 6.19. The van der Waals surface area contributed by atoms with Gasteiger partial charge in [-0.25, -0.2) is 0 Å². The van der Waals surface area contributed by atoms with Crippen LogP contribution in [0, 0.1) is 17.0 Å². The summed E-state index contributed by atoms with van der Waals surface area (Å²) in [6.07, 6.45) is 7.38. The third-order valence-corrected chi connectivity index (χ3v) is 6.19. The van der Waals surface area contributed by atoms with Crippen LogP contribution in [0.15, 0.2) is 0 Å². The van der Waals surface area contributed by atoms with Crippen LogP contribution in [0.2, 0.25) is 0 Å². The summed E-state index contributed by atoms with van der Waals surface area (Å²) in [5, 5.41) is 13.1. The van der Waals surface area contributed by atoms with E-state index in [4.69, 9.17) is 0 Å². The largest absolute Gasteiger partial charge is 0.633 e. The Bertz CT molecular complexity index is 396. The van der Waals surface area contributed by atoms with Crippen LogP contribution in [0.25, 0.3) is 0 Å². The van der Waals surface area contributed by atoms with E-state index in [2.05, 4.69) is 4.90 Å². The van der Waals surface area contributed by atoms with Crippen LogP contribution in [0.3, 0.4) is 0 Å². The number of hydrogen-bond donors (Lipinski definition) is 0. The summed E-state index contributed by atoms with van der Waals surface area (Å²) in [5.74, 6) is 1.33. The molecule has 1 amide bonds. The van der Waals surface area contributed by atoms with Crippen molar-refractivity contribution in [2.45, 2.75) is 57.0 Å². The van der Waals surface area contributed by atoms with Gasteiger partial charge in [0.25, 0.3) is 0 Å². The minimum absolute atomic E-state index is 0.0772. The first kappa shape index (κ1) is 12.2. The molecular formula is C15H24N2O2. The van der Waals surface area contributed by atoms with Gasteiger partial charge in [-0.3, -0.25) is 4.79 Å². The minimum atomic E-state index is 0.0772. The lowest BCUT2D eigenvalue weighted by Crippen LogP contribution is -2.71. The summed E-state index contributed by atoms with van der Waals surface area (Å²) in [7, 11) is 0. The molecule has 0 saturated carbocycles. The number of quaternary nitrogens is 1. The average Bonchev–Trinajstić information content (AvgIpc) is 2.40. The first-order valence-corrected chi connectivity index (χ1v) is 8.06. The fourth-order valence-corrected chi connectivity index (χ4v) is 5.55. The quantitative estimate of drug-likeness (QED) is 0.495. The van der Waals surface area contributed by atoms with Gasteiger partial charge >= 0.3 is 0 Å². The number of carbonyl (C=O) groups excluding carboxylic acids is 1. The third kappa shape index (κ3) is 1.69. The molecule has 4 aliphatic rings. The maximum atomic E-state index is 13.1. The summed E-state index contributed by atoms with van der Waals surface area (Å²) in [6.45, 7) is 2.55. The lowest BCUT2D eigenvalue weighted by molar-refractivity contribution is -0.925. The van der Waals surface area contributed by atoms with Crippen molar-refractivity contribution in [3.8, 4) is 0 Å². The number of nitrogens with zero attached hydrogens (tertiary/aromatic N) is 2. The number of fused-ring (bicyclic) bond motifs is 2. The second kappa shape index (κ2) is 4.19. The Morgan fingerprint density at radius 2 is 1.89 bits per heavy atom. The number of hydroxylamine groups is 3. The second-order valence-electron chi connectivity index (χ2n) is 7.10. The smallest absolute Gasteiger partial charge is 0.222 e. The van der Waals surface area contributed by atoms with Gasteiger partial charge in [-0.05, 0) is 38.5 Å². The summed E-state index contributed by atoms with van der Waals surface area (Å²) in [4.78, 5) is 14.3. The number of amides is 1. The van der Waals surface area contributed by atoms with E-state index in [9.17, 15) is 10.0 Å². The Morgan fingerprint density at radius 1 is 1.11 bits per heavy atom. The SMILES string of the molecule is O=C1CCC[C@@H]2[C@H]3CCC[N@+]4([O-])CCC[C@@H](CN12)[C@H]34. The van der Waals surface area contributed by atoms with Crippen LogP contribution in [0.4, 0.5) is 0 Å². The van der Waals surface area contributed by atoms with Crippen LogP contribution in [-0.4, -0.2) is 47.2 Å². The van der Waals surface area contributed by atoms with Crippen molar-refractivity contribution in [1.29, 1.82) is 0 Å². The molecule has 4 aliphatic heterocycles. The Kier molecular flexibility index (Phi) is 2.68. The molecule has 19 heavy (non-hydrogen) atoms. The molecule has 0 aromatic rings. The van der Waals surface area contributed by atoms with Gasteiger partial charge in [0.15, 0.2) is 0 Å². The predicted octanol–water partition coefficient (Wildman–Crippen LogP) is 1.88. The molecule has 4 nitrogen and oxygen atoms in total. The van der Waals surface area contributed by atoms with Crippen molar-refractivity contribution >= 4 is 5.91 Å². The molecular weight excluding hydrogens is 240 g/mol. The lowest BCUT2D eigenvalue weighted by Gasteiger charge is -2.64. The summed E-state index contributed by atoms with van der Waals surface area (Å²) < 4.78 is 0.0772. The van der Waals surface area contributed by atoms with E-state index in [1.165, 1.54) is 12.8 Å². The maximum absolute atomic E-state index is 13.1. The molecule has 4 heteroatoms. The molecule has 0 radical (unpaired) electrons. The molecule has 0 N–H and O–H groups in total. The van der Waals surface area contributed by atoms with Gasteiger partial charge < -0.3 is 14.8 Å². The van der Waals surface area contributed by atoms with E-state index in [0.29, 0.717) is 29.8 Å². The highest BCUT2D eigenvalue weighted by Crippen LogP contribution is 2.47. The van der Waals surface area contributed by atoms with Gasteiger partial charge in [-0.1, -0.05) is 0 Å². The highest BCUT2D eigenvalue weighted by atomic mass is 16.5. The van der Waals surface area contributed by atoms with Gasteiger partial charge in [-0.2, -0.15) is 0 Å². The van der Waals surface area contributed by atoms with Crippen molar-refractivity contribution in [2.75, 3.05) is 19.6 Å². The topological polar surface area (TPSA) is 43.4 Å². The molecule has 0 aromatic carbocycles. The van der Waals surface area contributed by atoms with Gasteiger partial charge in [0.1, 0.15) is 0 Å². The van der Waals surface area contributed by atoms with Crippen LogP contribution >= 0.6 is 0 Å². The van der Waals surface area contributed by atoms with Crippen LogP contribution in [-0.2, 0) is 4.79 Å². The fraction of sp³-hybridized carbons (Fsp3) is 0.933. The normalized spacial score (nSPS) is 49.5. The van der Waals surface area contributed by atoms with Crippen molar-refractivity contribution in [1.82, 2.24) is 4.90 Å². The van der Waals surface area contributed by atoms with E-state index in [1.54, 1.807) is 0 Å². The lowest BCUT2D eigenvalue weighted by atomic mass is 9.67. The molecule has 4 rings (SSSR count). The molecule has 4 fully saturated rings. The molecule has 4 saturated heterocycles. The monoisotopic (exact) mass is 264 g/mol. The summed E-state index contributed by atoms with van der Waals surface area (Å²) >= 11 is 0. The number of hydrogen-bond acceptors (Lipinski definition) is 2. The number of carbonyl (C=O) groups is 1. The van der Waals surface area contributed by atoms with Crippen molar-refractivity contribution < 1.29 is 9.44 Å². The molecule has 0 aromatic heterocycles. The van der Waals surface area contributed by atoms with Crippen LogP contribution in [0.5, 0.6) is 0 Å². The van der Waals surface area contributed by atoms with Crippen molar-refractivity contribution in [3.63, 3.8) is 0 Å². The average molecular weight is 264 g/mol. The Balaban J connectivity index is 1.69. The molecule has 0 spiro atoms. The zero-order valence-electron chi connectivity index (χ0n) is 11.6. The highest BCUT2D eigenvalue weighted by Gasteiger charge is 2.55. The first-order chi connectivity index (χ1) is 9.19. The van der Waals surface area contributed by atoms with E-state index in [1.807, 2.05) is 0 Å². The summed E-state index contributed by atoms with van der Waals surface area (Å²) in [5.41, 5.74) is 0. The molecule has 106 valence electrons. The highest BCUT2D eigenvalue weighted by molar-refractivity contribution is 5.77. The van der Waals surface area contributed by atoms with E-state index >= 15 is 0 Å². The van der Waals surface area contributed by atoms with Gasteiger partial charge in [-0.15, -0.1) is 0 Å². The molecule has 0 bridgehead atoms. The van der Waals surface area contributed by atoms with Crippen LogP contribution in [0.1, 0.15) is 44.9 Å². The predicted molar refractivity (Wildman–Crippen MR) is 71.9 cm³/mol. The Labute approximate surface area is 114 Å². The summed E-state index contributed by atoms with van der Waals surface area (Å²) in [6, 6.07) is 0.710. The fourth-order valence-electron chi connectivity index (χ4n) is 5.55. The zero-order chi connectivity index (χ0) is 13.0. The van der Waals surface area contributed by atoms with Gasteiger partial charge in [0.05, 0.1) is 19.1 Å². The van der Waals surface area contributed by atoms with Crippen LogP contribution < -0.4 is 0 Å². The molecule has 0 unspecified atom stereocenters. The zero-order valence-corrected chi connectivity index (χ0v) is 11.6. The minimum Gasteiger partial charge on any atom is -0.633 e. The van der Waals surface area contributed by atoms with E-state index < -0.39 is 0 Å². The standard InChI is InChI=1S/C15H24N2O2/c18-14-7-1-6-13-12-5-3-9-17(19)8-2-4-11(15(12)17)10-16(13)14/h11-13,15H,1-10H2/t11-,12+,13+,15+,17+/m0/s1. The Hall–Kier alpha value is -0.610. The molecule has 4 heterocycles. The maximum Gasteiger partial charge on any atom is 0.222 e. The van der Waals surface area contributed by atoms with E-state index in [-0.39, 0.29) is 4.65 Å².